The number of halogens is 1. The number of β-amino-alcohol motifs (C(OH)–C–C–N with tert-alkyl or cyclic N) is 1. The van der Waals surface area contributed by atoms with Gasteiger partial charge >= 0.3 is 0 Å². The predicted molar refractivity (Wildman–Crippen MR) is 111 cm³/mol. The van der Waals surface area contributed by atoms with E-state index in [1.54, 1.807) is 0 Å². The molecule has 1 aromatic heterocycles. The van der Waals surface area contributed by atoms with Crippen LogP contribution in [-0.4, -0.2) is 34.6 Å². The molecule has 1 unspecified atom stereocenters. The highest BCUT2D eigenvalue weighted by Crippen LogP contribution is 2.36. The lowest BCUT2D eigenvalue weighted by molar-refractivity contribution is -0.0374. The monoisotopic (exact) mass is 382 g/mol. The smallest absolute Gasteiger partial charge is 0.123 e. The van der Waals surface area contributed by atoms with E-state index in [1.165, 1.54) is 30.5 Å². The summed E-state index contributed by atoms with van der Waals surface area (Å²) < 4.78 is 13.5. The molecule has 1 saturated heterocycles. The van der Waals surface area contributed by atoms with E-state index < -0.39 is 5.60 Å². The van der Waals surface area contributed by atoms with Gasteiger partial charge in [0.2, 0.25) is 0 Å². The van der Waals surface area contributed by atoms with Crippen molar-refractivity contribution in [3.63, 3.8) is 0 Å². The summed E-state index contributed by atoms with van der Waals surface area (Å²) in [4.78, 5) is 7.34. The topological polar surface area (TPSA) is 36.4 Å². The standard InChI is InChI=1S/C24H31FN2O/c1-2-27-15-7-14-24(28,17-27)23-16-21(18-10-12-19(25)13-11-18)20-8-5-3-4-6-9-22(20)26-23/h10-13,16,28H,2-9,14-15,17H2,1H3. The number of nitrogens with zero attached hydrogens (tertiary/aromatic N) is 2. The lowest BCUT2D eigenvalue weighted by atomic mass is 9.84. The van der Waals surface area contributed by atoms with Gasteiger partial charge in [-0.1, -0.05) is 31.9 Å². The van der Waals surface area contributed by atoms with Crippen molar-refractivity contribution in [1.29, 1.82) is 0 Å². The molecule has 1 N–H and O–H groups in total. The minimum absolute atomic E-state index is 0.217. The molecule has 2 heterocycles. The van der Waals surface area contributed by atoms with Gasteiger partial charge in [0, 0.05) is 12.2 Å². The van der Waals surface area contributed by atoms with E-state index in [0.29, 0.717) is 6.54 Å². The van der Waals surface area contributed by atoms with Crippen LogP contribution in [0.25, 0.3) is 11.1 Å². The molecule has 2 aliphatic rings. The molecule has 150 valence electrons. The summed E-state index contributed by atoms with van der Waals surface area (Å²) in [5.74, 6) is -0.217. The van der Waals surface area contributed by atoms with Gasteiger partial charge in [-0.2, -0.15) is 0 Å². The minimum Gasteiger partial charge on any atom is -0.382 e. The highest BCUT2D eigenvalue weighted by molar-refractivity contribution is 5.69. The van der Waals surface area contributed by atoms with E-state index in [0.717, 1.165) is 74.1 Å². The van der Waals surface area contributed by atoms with Gasteiger partial charge in [0.25, 0.3) is 0 Å². The third-order valence-electron chi connectivity index (χ3n) is 6.43. The Hall–Kier alpha value is -1.78. The van der Waals surface area contributed by atoms with Gasteiger partial charge in [-0.15, -0.1) is 0 Å². The summed E-state index contributed by atoms with van der Waals surface area (Å²) in [6.45, 7) is 4.76. The number of benzene rings is 1. The summed E-state index contributed by atoms with van der Waals surface area (Å²) in [6.07, 6.45) is 8.50. The largest absolute Gasteiger partial charge is 0.382 e. The lowest BCUT2D eigenvalue weighted by Gasteiger charge is -2.39. The van der Waals surface area contributed by atoms with E-state index in [-0.39, 0.29) is 5.82 Å². The van der Waals surface area contributed by atoms with Crippen LogP contribution >= 0.6 is 0 Å². The number of aromatic nitrogens is 1. The molecule has 3 nitrogen and oxygen atoms in total. The second-order valence-corrected chi connectivity index (χ2v) is 8.41. The molecule has 4 heteroatoms. The van der Waals surface area contributed by atoms with Crippen LogP contribution in [0.1, 0.15) is 62.4 Å². The van der Waals surface area contributed by atoms with Crippen LogP contribution in [0, 0.1) is 5.82 Å². The molecule has 4 rings (SSSR count). The maximum absolute atomic E-state index is 13.5. The molecule has 0 radical (unpaired) electrons. The Morgan fingerprint density at radius 3 is 2.57 bits per heavy atom. The number of pyridine rings is 1. The Balaban J connectivity index is 1.82. The van der Waals surface area contributed by atoms with Crippen molar-refractivity contribution in [1.82, 2.24) is 9.88 Å². The fourth-order valence-electron chi connectivity index (χ4n) is 4.79. The number of piperidine rings is 1. The average Bonchev–Trinajstić information content (AvgIpc) is 2.68. The van der Waals surface area contributed by atoms with E-state index in [1.807, 2.05) is 12.1 Å². The summed E-state index contributed by atoms with van der Waals surface area (Å²) >= 11 is 0. The lowest BCUT2D eigenvalue weighted by Crippen LogP contribution is -2.46. The maximum Gasteiger partial charge on any atom is 0.123 e. The number of likely N-dealkylation sites (N-methyl/N-ethyl adjacent to an activating group) is 1. The fraction of sp³-hybridized carbons (Fsp3) is 0.542. The van der Waals surface area contributed by atoms with Gasteiger partial charge in [-0.05, 0) is 86.5 Å². The Labute approximate surface area is 167 Å². The quantitative estimate of drug-likeness (QED) is 0.824. The van der Waals surface area contributed by atoms with Crippen molar-refractivity contribution in [3.8, 4) is 11.1 Å². The molecule has 1 aromatic carbocycles. The first kappa shape index (κ1) is 19.5. The molecule has 0 spiro atoms. The summed E-state index contributed by atoms with van der Waals surface area (Å²) in [5, 5.41) is 11.5. The molecular weight excluding hydrogens is 351 g/mol. The second-order valence-electron chi connectivity index (χ2n) is 8.41. The number of hydrogen-bond donors (Lipinski definition) is 1. The summed E-state index contributed by atoms with van der Waals surface area (Å²) in [6, 6.07) is 8.86. The normalized spacial score (nSPS) is 23.7. The van der Waals surface area contributed by atoms with Crippen molar-refractivity contribution in [2.75, 3.05) is 19.6 Å². The van der Waals surface area contributed by atoms with Gasteiger partial charge in [0.1, 0.15) is 11.4 Å². The highest BCUT2D eigenvalue weighted by atomic mass is 19.1. The Morgan fingerprint density at radius 1 is 1.07 bits per heavy atom. The van der Waals surface area contributed by atoms with Crippen molar-refractivity contribution in [3.05, 3.63) is 53.1 Å². The molecule has 1 atom stereocenters. The van der Waals surface area contributed by atoms with Gasteiger partial charge in [0.05, 0.1) is 5.69 Å². The zero-order chi connectivity index (χ0) is 19.6. The Bertz CT molecular complexity index is 820. The zero-order valence-corrected chi connectivity index (χ0v) is 16.9. The highest BCUT2D eigenvalue weighted by Gasteiger charge is 2.36. The van der Waals surface area contributed by atoms with E-state index >= 15 is 0 Å². The van der Waals surface area contributed by atoms with Gasteiger partial charge in [0.15, 0.2) is 0 Å². The first-order valence-corrected chi connectivity index (χ1v) is 10.8. The number of rotatable bonds is 3. The van der Waals surface area contributed by atoms with Crippen molar-refractivity contribution in [2.45, 2.75) is 63.9 Å². The van der Waals surface area contributed by atoms with Gasteiger partial charge < -0.3 is 10.0 Å². The molecule has 0 amide bonds. The Morgan fingerprint density at radius 2 is 1.82 bits per heavy atom. The van der Waals surface area contributed by atoms with Gasteiger partial charge in [-0.3, -0.25) is 4.98 Å². The molecule has 28 heavy (non-hydrogen) atoms. The fourth-order valence-corrected chi connectivity index (χ4v) is 4.79. The van der Waals surface area contributed by atoms with Crippen LogP contribution in [0.15, 0.2) is 30.3 Å². The molecule has 1 aliphatic heterocycles. The van der Waals surface area contributed by atoms with Crippen LogP contribution in [0.5, 0.6) is 0 Å². The zero-order valence-electron chi connectivity index (χ0n) is 16.9. The summed E-state index contributed by atoms with van der Waals surface area (Å²) in [7, 11) is 0. The summed E-state index contributed by atoms with van der Waals surface area (Å²) in [5.41, 5.74) is 4.47. The Kier molecular flexibility index (Phi) is 5.79. The van der Waals surface area contributed by atoms with E-state index in [4.69, 9.17) is 4.98 Å². The van der Waals surface area contributed by atoms with Crippen LogP contribution in [0.4, 0.5) is 4.39 Å². The van der Waals surface area contributed by atoms with E-state index in [9.17, 15) is 9.50 Å². The van der Waals surface area contributed by atoms with Crippen LogP contribution in [0.2, 0.25) is 0 Å². The van der Waals surface area contributed by atoms with Crippen molar-refractivity contribution < 1.29 is 9.50 Å². The number of hydrogen-bond acceptors (Lipinski definition) is 3. The first-order chi connectivity index (χ1) is 13.6. The first-order valence-electron chi connectivity index (χ1n) is 10.8. The predicted octanol–water partition coefficient (Wildman–Crippen LogP) is 4.85. The molecular formula is C24H31FN2O. The van der Waals surface area contributed by atoms with Crippen LogP contribution < -0.4 is 0 Å². The SMILES string of the molecule is CCN1CCCC(O)(c2cc(-c3ccc(F)cc3)c3c(n2)CCCCCC3)C1. The number of likely N-dealkylation sites (tertiary alicyclic amines) is 1. The molecule has 1 aliphatic carbocycles. The molecule has 1 fully saturated rings. The van der Waals surface area contributed by atoms with Crippen LogP contribution in [-0.2, 0) is 18.4 Å². The number of aryl methyl sites for hydroxylation is 1. The molecule has 2 aromatic rings. The van der Waals surface area contributed by atoms with Crippen LogP contribution in [0.3, 0.4) is 0 Å². The van der Waals surface area contributed by atoms with Crippen molar-refractivity contribution in [2.24, 2.45) is 0 Å². The van der Waals surface area contributed by atoms with E-state index in [2.05, 4.69) is 17.9 Å². The molecule has 0 saturated carbocycles. The van der Waals surface area contributed by atoms with Crippen molar-refractivity contribution >= 4 is 0 Å². The molecule has 0 bridgehead atoms. The average molecular weight is 383 g/mol. The third-order valence-corrected chi connectivity index (χ3v) is 6.43. The number of aliphatic hydroxyl groups is 1. The minimum atomic E-state index is -0.902. The third kappa shape index (κ3) is 3.99. The number of fused-ring (bicyclic) bond motifs is 1. The van der Waals surface area contributed by atoms with Gasteiger partial charge in [-0.25, -0.2) is 4.39 Å². The maximum atomic E-state index is 13.5. The second kappa shape index (κ2) is 8.30.